The molecule has 7 nitrogen and oxygen atoms in total. The first kappa shape index (κ1) is 27.9. The first-order chi connectivity index (χ1) is 19.7. The highest BCUT2D eigenvalue weighted by atomic mass is 16.6. The summed E-state index contributed by atoms with van der Waals surface area (Å²) >= 11 is 0. The number of aryl methyl sites for hydroxylation is 1. The first-order valence-electron chi connectivity index (χ1n) is 13.6. The molecule has 3 aromatic rings. The summed E-state index contributed by atoms with van der Waals surface area (Å²) in [6.07, 6.45) is 5.17. The molecule has 0 saturated heterocycles. The van der Waals surface area contributed by atoms with Crippen LogP contribution >= 0.6 is 0 Å². The number of carboxylic acid groups (broad SMARTS) is 2. The van der Waals surface area contributed by atoms with Crippen molar-refractivity contribution < 1.29 is 29.4 Å². The van der Waals surface area contributed by atoms with Gasteiger partial charge in [0.05, 0.1) is 0 Å². The van der Waals surface area contributed by atoms with E-state index < -0.39 is 17.4 Å². The third kappa shape index (κ3) is 5.53. The zero-order valence-corrected chi connectivity index (χ0v) is 23.4. The molecular weight excluding hydrogens is 518 g/mol. The highest BCUT2D eigenvalue weighted by Gasteiger charge is 2.44. The average Bonchev–Trinajstić information content (AvgIpc) is 3.81. The lowest BCUT2D eigenvalue weighted by Crippen LogP contribution is -2.38. The smallest absolute Gasteiger partial charge is 0.331 e. The van der Waals surface area contributed by atoms with E-state index in [1.54, 1.807) is 25.1 Å². The molecule has 0 radical (unpaired) electrons. The summed E-state index contributed by atoms with van der Waals surface area (Å²) in [5.41, 5.74) is 5.01. The van der Waals surface area contributed by atoms with Crippen LogP contribution in [0.5, 0.6) is 5.75 Å². The Labute approximate surface area is 239 Å². The summed E-state index contributed by atoms with van der Waals surface area (Å²) in [7, 11) is 1.52. The van der Waals surface area contributed by atoms with E-state index in [2.05, 4.69) is 5.16 Å². The number of carboxylic acids is 2. The third-order valence-corrected chi connectivity index (χ3v) is 7.95. The Morgan fingerprint density at radius 2 is 1.73 bits per heavy atom. The van der Waals surface area contributed by atoms with Gasteiger partial charge in [-0.25, -0.2) is 4.79 Å². The minimum Gasteiger partial charge on any atom is -0.489 e. The Morgan fingerprint density at radius 3 is 2.37 bits per heavy atom. The number of nitrogens with zero attached hydrogens (tertiary/aromatic N) is 1. The second-order valence-electron chi connectivity index (χ2n) is 10.7. The first-order valence-corrected chi connectivity index (χ1v) is 13.6. The Morgan fingerprint density at radius 1 is 0.976 bits per heavy atom. The molecule has 0 aliphatic heterocycles. The standard InChI is InChI=1S/C34H33NO6/c1-21-16-17-34(33(38)39,19-27(21)32(36)37)29-11-7-10-26(23-12-13-23)28(29)20-41-30-15-14-25(18-22(30)2)31(35-40-3)24-8-5-4-6-9-24/h4-11,14-18,23H,12-13,19-20H2,1-3H3,(H,36,37)(H,38,39). The van der Waals surface area contributed by atoms with Crippen LogP contribution in [0.2, 0.25) is 0 Å². The van der Waals surface area contributed by atoms with Crippen LogP contribution in [0.25, 0.3) is 0 Å². The van der Waals surface area contributed by atoms with E-state index in [1.807, 2.05) is 67.6 Å². The van der Waals surface area contributed by atoms with E-state index in [-0.39, 0.29) is 18.6 Å². The molecule has 3 aromatic carbocycles. The molecule has 1 fully saturated rings. The van der Waals surface area contributed by atoms with Gasteiger partial charge in [-0.2, -0.15) is 0 Å². The average molecular weight is 552 g/mol. The number of hydrogen-bond donors (Lipinski definition) is 2. The molecule has 1 atom stereocenters. The number of rotatable bonds is 10. The summed E-state index contributed by atoms with van der Waals surface area (Å²) in [5.74, 6) is -1.18. The summed E-state index contributed by atoms with van der Waals surface area (Å²) < 4.78 is 6.38. The summed E-state index contributed by atoms with van der Waals surface area (Å²) in [6.45, 7) is 3.81. The zero-order chi connectivity index (χ0) is 29.1. The van der Waals surface area contributed by atoms with Gasteiger partial charge in [0, 0.05) is 23.1 Å². The minimum atomic E-state index is -1.50. The van der Waals surface area contributed by atoms with Crippen molar-refractivity contribution in [3.8, 4) is 5.75 Å². The Bertz CT molecular complexity index is 1580. The lowest BCUT2D eigenvalue weighted by atomic mass is 9.69. The maximum atomic E-state index is 12.9. The lowest BCUT2D eigenvalue weighted by molar-refractivity contribution is -0.142. The van der Waals surface area contributed by atoms with Gasteiger partial charge in [-0.05, 0) is 78.6 Å². The van der Waals surface area contributed by atoms with Gasteiger partial charge in [0.1, 0.15) is 30.6 Å². The van der Waals surface area contributed by atoms with E-state index in [0.29, 0.717) is 28.5 Å². The fourth-order valence-electron chi connectivity index (χ4n) is 5.56. The fraction of sp³-hybridized carbons (Fsp3) is 0.265. The summed E-state index contributed by atoms with van der Waals surface area (Å²) in [4.78, 5) is 30.0. The molecule has 0 heterocycles. The zero-order valence-electron chi connectivity index (χ0n) is 23.4. The molecule has 5 rings (SSSR count). The van der Waals surface area contributed by atoms with E-state index >= 15 is 0 Å². The van der Waals surface area contributed by atoms with Gasteiger partial charge in [0.15, 0.2) is 0 Å². The third-order valence-electron chi connectivity index (χ3n) is 7.95. The number of hydrogen-bond acceptors (Lipinski definition) is 5. The van der Waals surface area contributed by atoms with E-state index in [4.69, 9.17) is 9.57 Å². The van der Waals surface area contributed by atoms with Crippen LogP contribution in [0.1, 0.15) is 65.5 Å². The maximum absolute atomic E-state index is 12.9. The van der Waals surface area contributed by atoms with Crippen molar-refractivity contribution in [1.82, 2.24) is 0 Å². The molecule has 7 heteroatoms. The predicted octanol–water partition coefficient (Wildman–Crippen LogP) is 6.53. The van der Waals surface area contributed by atoms with Crippen LogP contribution in [0.4, 0.5) is 0 Å². The molecule has 1 saturated carbocycles. The summed E-state index contributed by atoms with van der Waals surface area (Å²) in [6, 6.07) is 21.3. The van der Waals surface area contributed by atoms with Crippen LogP contribution in [0.3, 0.4) is 0 Å². The predicted molar refractivity (Wildman–Crippen MR) is 156 cm³/mol. The molecule has 0 bridgehead atoms. The Balaban J connectivity index is 1.50. The number of benzene rings is 3. The molecule has 1 unspecified atom stereocenters. The lowest BCUT2D eigenvalue weighted by Gasteiger charge is -2.33. The number of allylic oxidation sites excluding steroid dienone is 2. The quantitative estimate of drug-likeness (QED) is 0.219. The molecular formula is C34H33NO6. The van der Waals surface area contributed by atoms with Crippen molar-refractivity contribution in [2.45, 2.75) is 51.0 Å². The molecule has 210 valence electrons. The van der Waals surface area contributed by atoms with E-state index in [9.17, 15) is 19.8 Å². The van der Waals surface area contributed by atoms with Crippen LogP contribution in [0, 0.1) is 6.92 Å². The van der Waals surface area contributed by atoms with Crippen molar-refractivity contribution in [3.63, 3.8) is 0 Å². The number of aliphatic carboxylic acids is 2. The van der Waals surface area contributed by atoms with Gasteiger partial charge < -0.3 is 19.8 Å². The van der Waals surface area contributed by atoms with Gasteiger partial charge in [0.2, 0.25) is 0 Å². The van der Waals surface area contributed by atoms with Crippen molar-refractivity contribution in [1.29, 1.82) is 0 Å². The molecule has 0 aromatic heterocycles. The molecule has 41 heavy (non-hydrogen) atoms. The Hall–Kier alpha value is -4.65. The van der Waals surface area contributed by atoms with Crippen molar-refractivity contribution in [3.05, 3.63) is 123 Å². The normalized spacial score (nSPS) is 18.8. The van der Waals surface area contributed by atoms with Crippen LogP contribution in [0.15, 0.2) is 95.2 Å². The van der Waals surface area contributed by atoms with E-state index in [0.717, 1.165) is 40.7 Å². The number of oxime groups is 1. The fourth-order valence-corrected chi connectivity index (χ4v) is 5.56. The van der Waals surface area contributed by atoms with Crippen LogP contribution in [-0.2, 0) is 26.4 Å². The Kier molecular flexibility index (Phi) is 7.79. The van der Waals surface area contributed by atoms with Gasteiger partial charge in [-0.1, -0.05) is 65.8 Å². The van der Waals surface area contributed by atoms with Crippen LogP contribution in [-0.4, -0.2) is 35.0 Å². The van der Waals surface area contributed by atoms with Gasteiger partial charge in [-0.3, -0.25) is 4.79 Å². The SMILES string of the molecule is CON=C(c1ccccc1)c1ccc(OCc2c(C3CC3)cccc2C2(C(=O)O)C=CC(C)=C(C(=O)O)C2)c(C)c1. The maximum Gasteiger partial charge on any atom is 0.331 e. The monoisotopic (exact) mass is 551 g/mol. The van der Waals surface area contributed by atoms with Gasteiger partial charge >= 0.3 is 11.9 Å². The number of ether oxygens (including phenoxy) is 1. The second-order valence-corrected chi connectivity index (χ2v) is 10.7. The second kappa shape index (κ2) is 11.5. The van der Waals surface area contributed by atoms with Gasteiger partial charge in [0.25, 0.3) is 0 Å². The van der Waals surface area contributed by atoms with Crippen molar-refractivity contribution >= 4 is 17.7 Å². The highest BCUT2D eigenvalue weighted by molar-refractivity contribution is 6.12. The molecule has 2 aliphatic carbocycles. The van der Waals surface area contributed by atoms with Crippen molar-refractivity contribution in [2.75, 3.05) is 7.11 Å². The van der Waals surface area contributed by atoms with Crippen molar-refractivity contribution in [2.24, 2.45) is 5.16 Å². The minimum absolute atomic E-state index is 0.108. The largest absolute Gasteiger partial charge is 0.489 e. The molecule has 2 N–H and O–H groups in total. The molecule has 2 aliphatic rings. The summed E-state index contributed by atoms with van der Waals surface area (Å²) in [5, 5.41) is 24.6. The molecule has 0 amide bonds. The number of carbonyl (C=O) groups is 2. The topological polar surface area (TPSA) is 105 Å². The van der Waals surface area contributed by atoms with Crippen LogP contribution < -0.4 is 4.74 Å². The molecule has 0 spiro atoms. The van der Waals surface area contributed by atoms with Gasteiger partial charge in [-0.15, -0.1) is 0 Å². The highest BCUT2D eigenvalue weighted by Crippen LogP contribution is 2.47. The van der Waals surface area contributed by atoms with E-state index in [1.165, 1.54) is 7.11 Å².